The topological polar surface area (TPSA) is 126 Å². The first-order valence-corrected chi connectivity index (χ1v) is 10.3. The highest BCUT2D eigenvalue weighted by Crippen LogP contribution is 2.28. The number of nitrogens with one attached hydrogen (secondary N) is 2. The van der Waals surface area contributed by atoms with E-state index in [1.54, 1.807) is 0 Å². The molecule has 2 aromatic heterocycles. The maximum Gasteiger partial charge on any atom is 0.273 e. The minimum atomic E-state index is -0.695. The van der Waals surface area contributed by atoms with Gasteiger partial charge in [0.2, 0.25) is 11.9 Å². The standard InChI is InChI=1S/C19H25N7O2S/c1-4-14(27)21-12-6-5-7-13(9-12)26(3)19-23-18(16(17(20)28)24-25-19)22-15-8-11(2)10-29-15/h4,8,10,12-13H,1,5-7,9H2,2-3H3,(H2,20,28)(H,21,27)(H,22,23,25)/t12?,13-/m1/s1. The first kappa shape index (κ1) is 20.7. The highest BCUT2D eigenvalue weighted by atomic mass is 32.1. The fraction of sp³-hybridized carbons (Fsp3) is 0.421. The maximum atomic E-state index is 11.8. The number of hydrogen-bond donors (Lipinski definition) is 3. The third-order valence-electron chi connectivity index (χ3n) is 4.92. The minimum Gasteiger partial charge on any atom is -0.364 e. The number of anilines is 3. The molecule has 1 aliphatic carbocycles. The fourth-order valence-corrected chi connectivity index (χ4v) is 4.19. The summed E-state index contributed by atoms with van der Waals surface area (Å²) in [7, 11) is 1.89. The normalized spacial score (nSPS) is 18.7. The number of hydrogen-bond acceptors (Lipinski definition) is 8. The van der Waals surface area contributed by atoms with Gasteiger partial charge in [-0.2, -0.15) is 4.98 Å². The van der Waals surface area contributed by atoms with Gasteiger partial charge in [-0.3, -0.25) is 9.59 Å². The van der Waals surface area contributed by atoms with Crippen LogP contribution in [0.2, 0.25) is 0 Å². The van der Waals surface area contributed by atoms with Crippen molar-refractivity contribution in [1.29, 1.82) is 0 Å². The number of carbonyl (C=O) groups excluding carboxylic acids is 2. The van der Waals surface area contributed by atoms with Crippen LogP contribution in [0.3, 0.4) is 0 Å². The number of thiophene rings is 1. The van der Waals surface area contributed by atoms with E-state index in [2.05, 4.69) is 32.4 Å². The molecule has 0 saturated heterocycles. The number of primary amides is 1. The SMILES string of the molecule is C=CC(=O)NC1CCC[C@@H](N(C)c2nnc(C(N)=O)c(Nc3cc(C)cs3)n2)C1. The number of nitrogens with two attached hydrogens (primary N) is 1. The largest absolute Gasteiger partial charge is 0.364 e. The van der Waals surface area contributed by atoms with Crippen LogP contribution in [-0.4, -0.2) is 46.1 Å². The maximum absolute atomic E-state index is 11.8. The van der Waals surface area contributed by atoms with Gasteiger partial charge in [0.15, 0.2) is 11.5 Å². The molecular formula is C19H25N7O2S. The molecule has 0 spiro atoms. The van der Waals surface area contributed by atoms with E-state index in [1.165, 1.54) is 17.4 Å². The Morgan fingerprint density at radius 3 is 2.83 bits per heavy atom. The third-order valence-corrected chi connectivity index (χ3v) is 5.89. The zero-order chi connectivity index (χ0) is 21.0. The van der Waals surface area contributed by atoms with Crippen LogP contribution in [0.5, 0.6) is 0 Å². The lowest BCUT2D eigenvalue weighted by atomic mass is 9.90. The van der Waals surface area contributed by atoms with Crippen LogP contribution in [0.25, 0.3) is 0 Å². The Morgan fingerprint density at radius 2 is 2.17 bits per heavy atom. The molecule has 3 rings (SSSR count). The Labute approximate surface area is 173 Å². The summed E-state index contributed by atoms with van der Waals surface area (Å²) in [6.07, 6.45) is 4.90. The molecule has 10 heteroatoms. The predicted molar refractivity (Wildman–Crippen MR) is 113 cm³/mol. The van der Waals surface area contributed by atoms with E-state index in [0.717, 1.165) is 36.2 Å². The van der Waals surface area contributed by atoms with Gasteiger partial charge < -0.3 is 21.3 Å². The molecule has 2 amide bonds. The second-order valence-corrected chi connectivity index (χ2v) is 8.04. The van der Waals surface area contributed by atoms with E-state index in [1.807, 2.05) is 30.3 Å². The molecule has 29 heavy (non-hydrogen) atoms. The molecule has 2 heterocycles. The smallest absolute Gasteiger partial charge is 0.273 e. The van der Waals surface area contributed by atoms with Crippen molar-refractivity contribution >= 4 is 39.9 Å². The van der Waals surface area contributed by atoms with Gasteiger partial charge in [0.25, 0.3) is 5.91 Å². The molecule has 0 radical (unpaired) electrons. The average Bonchev–Trinajstić information content (AvgIpc) is 3.11. The van der Waals surface area contributed by atoms with E-state index in [9.17, 15) is 9.59 Å². The zero-order valence-electron chi connectivity index (χ0n) is 16.5. The Hall–Kier alpha value is -3.01. The number of rotatable bonds is 7. The monoisotopic (exact) mass is 415 g/mol. The fourth-order valence-electron chi connectivity index (χ4n) is 3.40. The summed E-state index contributed by atoms with van der Waals surface area (Å²) in [5, 5.41) is 17.0. The van der Waals surface area contributed by atoms with Crippen molar-refractivity contribution < 1.29 is 9.59 Å². The van der Waals surface area contributed by atoms with Crippen LogP contribution in [0.4, 0.5) is 16.8 Å². The molecule has 2 aromatic rings. The highest BCUT2D eigenvalue weighted by Gasteiger charge is 2.28. The molecule has 1 aliphatic rings. The summed E-state index contributed by atoms with van der Waals surface area (Å²) < 4.78 is 0. The van der Waals surface area contributed by atoms with Crippen molar-refractivity contribution in [3.8, 4) is 0 Å². The summed E-state index contributed by atoms with van der Waals surface area (Å²) in [5.41, 5.74) is 6.54. The van der Waals surface area contributed by atoms with Crippen molar-refractivity contribution in [2.45, 2.75) is 44.7 Å². The Bertz CT molecular complexity index is 914. The van der Waals surface area contributed by atoms with Crippen LogP contribution < -0.4 is 21.3 Å². The number of carbonyl (C=O) groups is 2. The van der Waals surface area contributed by atoms with Crippen molar-refractivity contribution in [2.75, 3.05) is 17.3 Å². The molecule has 1 saturated carbocycles. The van der Waals surface area contributed by atoms with E-state index in [4.69, 9.17) is 5.73 Å². The summed E-state index contributed by atoms with van der Waals surface area (Å²) in [6.45, 7) is 5.49. The molecule has 1 fully saturated rings. The van der Waals surface area contributed by atoms with Crippen molar-refractivity contribution in [1.82, 2.24) is 20.5 Å². The molecule has 1 unspecified atom stereocenters. The van der Waals surface area contributed by atoms with Crippen LogP contribution in [0, 0.1) is 6.92 Å². The van der Waals surface area contributed by atoms with Gasteiger partial charge in [-0.1, -0.05) is 6.58 Å². The average molecular weight is 416 g/mol. The summed E-state index contributed by atoms with van der Waals surface area (Å²) in [6, 6.07) is 2.16. The number of nitrogens with zero attached hydrogens (tertiary/aromatic N) is 4. The number of aryl methyl sites for hydroxylation is 1. The minimum absolute atomic E-state index is 0.00651. The zero-order valence-corrected chi connectivity index (χ0v) is 17.3. The van der Waals surface area contributed by atoms with Gasteiger partial charge in [0, 0.05) is 19.1 Å². The van der Waals surface area contributed by atoms with Gasteiger partial charge in [0.05, 0.1) is 5.00 Å². The van der Waals surface area contributed by atoms with Gasteiger partial charge in [-0.25, -0.2) is 0 Å². The van der Waals surface area contributed by atoms with Crippen LogP contribution in [0.1, 0.15) is 41.7 Å². The van der Waals surface area contributed by atoms with Crippen LogP contribution in [0.15, 0.2) is 24.1 Å². The molecule has 0 aromatic carbocycles. The Kier molecular flexibility index (Phi) is 6.42. The number of amides is 2. The molecule has 0 bridgehead atoms. The Balaban J connectivity index is 1.80. The summed E-state index contributed by atoms with van der Waals surface area (Å²) >= 11 is 1.50. The highest BCUT2D eigenvalue weighted by molar-refractivity contribution is 7.14. The summed E-state index contributed by atoms with van der Waals surface area (Å²) in [5.74, 6) is -0.186. The molecule has 2 atom stereocenters. The molecular weight excluding hydrogens is 390 g/mol. The molecule has 4 N–H and O–H groups in total. The van der Waals surface area contributed by atoms with Crippen molar-refractivity contribution in [3.63, 3.8) is 0 Å². The third kappa shape index (κ3) is 5.08. The van der Waals surface area contributed by atoms with Crippen LogP contribution >= 0.6 is 11.3 Å². The van der Waals surface area contributed by atoms with Gasteiger partial charge in [0.1, 0.15) is 0 Å². The first-order valence-electron chi connectivity index (χ1n) is 9.39. The van der Waals surface area contributed by atoms with E-state index < -0.39 is 5.91 Å². The van der Waals surface area contributed by atoms with Crippen molar-refractivity contribution in [2.24, 2.45) is 5.73 Å². The second kappa shape index (κ2) is 8.99. The van der Waals surface area contributed by atoms with Crippen molar-refractivity contribution in [3.05, 3.63) is 35.4 Å². The second-order valence-electron chi connectivity index (χ2n) is 7.13. The van der Waals surface area contributed by atoms with E-state index >= 15 is 0 Å². The van der Waals surface area contributed by atoms with E-state index in [-0.39, 0.29) is 29.5 Å². The van der Waals surface area contributed by atoms with Gasteiger partial charge in [-0.05, 0) is 55.7 Å². The quantitative estimate of drug-likeness (QED) is 0.591. The summed E-state index contributed by atoms with van der Waals surface area (Å²) in [4.78, 5) is 29.8. The lowest BCUT2D eigenvalue weighted by molar-refractivity contribution is -0.117. The van der Waals surface area contributed by atoms with E-state index in [0.29, 0.717) is 5.95 Å². The first-order chi connectivity index (χ1) is 13.9. The molecule has 9 nitrogen and oxygen atoms in total. The lowest BCUT2D eigenvalue weighted by Gasteiger charge is -2.35. The van der Waals surface area contributed by atoms with Gasteiger partial charge in [-0.15, -0.1) is 21.5 Å². The van der Waals surface area contributed by atoms with Gasteiger partial charge >= 0.3 is 0 Å². The molecule has 0 aliphatic heterocycles. The predicted octanol–water partition coefficient (Wildman–Crippen LogP) is 2.13. The lowest BCUT2D eigenvalue weighted by Crippen LogP contribution is -2.45. The molecule has 154 valence electrons. The number of aromatic nitrogens is 3. The Morgan fingerprint density at radius 1 is 1.38 bits per heavy atom. The van der Waals surface area contributed by atoms with Crippen LogP contribution in [-0.2, 0) is 4.79 Å².